The Hall–Kier alpha value is -1.51. The Morgan fingerprint density at radius 1 is 1.36 bits per heavy atom. The van der Waals surface area contributed by atoms with Crippen LogP contribution >= 0.6 is 0 Å². The Labute approximate surface area is 83.8 Å². The van der Waals surface area contributed by atoms with Crippen LogP contribution in [0.3, 0.4) is 0 Å². The van der Waals surface area contributed by atoms with Gasteiger partial charge in [-0.2, -0.15) is 0 Å². The predicted octanol–water partition coefficient (Wildman–Crippen LogP) is 1.80. The molecule has 3 heteroatoms. The van der Waals surface area contributed by atoms with Crippen LogP contribution in [-0.2, 0) is 0 Å². The summed E-state index contributed by atoms with van der Waals surface area (Å²) in [6.07, 6.45) is 9.18. The standard InChI is InChI=1S/C11H14N2O/c1-9-3-2-4-10(6-5-9)13-8-7-12-11(13)14/h3-6H,2,7-8H2,1H3,(H,12,14). The van der Waals surface area contributed by atoms with Gasteiger partial charge in [0.25, 0.3) is 0 Å². The highest BCUT2D eigenvalue weighted by Crippen LogP contribution is 2.15. The molecule has 74 valence electrons. The zero-order valence-corrected chi connectivity index (χ0v) is 8.29. The molecular weight excluding hydrogens is 176 g/mol. The molecule has 0 bridgehead atoms. The number of amides is 2. The summed E-state index contributed by atoms with van der Waals surface area (Å²) >= 11 is 0. The number of nitrogens with zero attached hydrogens (tertiary/aromatic N) is 1. The van der Waals surface area contributed by atoms with E-state index in [4.69, 9.17) is 0 Å². The zero-order chi connectivity index (χ0) is 9.97. The molecular formula is C11H14N2O. The van der Waals surface area contributed by atoms with E-state index >= 15 is 0 Å². The third-order valence-corrected chi connectivity index (χ3v) is 2.45. The van der Waals surface area contributed by atoms with Crippen LogP contribution in [0.4, 0.5) is 4.79 Å². The first kappa shape index (κ1) is 9.06. The molecule has 2 aliphatic rings. The molecule has 1 saturated heterocycles. The lowest BCUT2D eigenvalue weighted by molar-refractivity contribution is 0.228. The lowest BCUT2D eigenvalue weighted by Gasteiger charge is -2.14. The Bertz CT molecular complexity index is 339. The molecule has 0 aromatic rings. The van der Waals surface area contributed by atoms with E-state index in [-0.39, 0.29) is 6.03 Å². The summed E-state index contributed by atoms with van der Waals surface area (Å²) in [6, 6.07) is 0.0143. The Morgan fingerprint density at radius 3 is 2.93 bits per heavy atom. The van der Waals surface area contributed by atoms with E-state index in [1.165, 1.54) is 5.57 Å². The smallest absolute Gasteiger partial charge is 0.321 e. The first-order valence-electron chi connectivity index (χ1n) is 4.88. The maximum Gasteiger partial charge on any atom is 0.321 e. The average molecular weight is 190 g/mol. The van der Waals surface area contributed by atoms with E-state index in [0.29, 0.717) is 0 Å². The highest BCUT2D eigenvalue weighted by Gasteiger charge is 2.21. The average Bonchev–Trinajstić information content (AvgIpc) is 2.46. The van der Waals surface area contributed by atoms with Crippen LogP contribution in [0.5, 0.6) is 0 Å². The Balaban J connectivity index is 2.16. The molecule has 0 spiro atoms. The minimum atomic E-state index is 0.0143. The first-order chi connectivity index (χ1) is 6.77. The van der Waals surface area contributed by atoms with E-state index in [9.17, 15) is 4.79 Å². The lowest BCUT2D eigenvalue weighted by atomic mass is 10.2. The SMILES string of the molecule is CC1=CCC=C(N2CCNC2=O)C=C1. The van der Waals surface area contributed by atoms with Crippen molar-refractivity contribution in [3.63, 3.8) is 0 Å². The van der Waals surface area contributed by atoms with Crippen LogP contribution in [0.15, 0.2) is 35.6 Å². The molecule has 3 nitrogen and oxygen atoms in total. The van der Waals surface area contributed by atoms with Gasteiger partial charge in [0.05, 0.1) is 0 Å². The number of hydrogen-bond donors (Lipinski definition) is 1. The maximum absolute atomic E-state index is 11.4. The number of urea groups is 1. The second-order valence-corrected chi connectivity index (χ2v) is 3.53. The van der Waals surface area contributed by atoms with Crippen LogP contribution in [0, 0.1) is 0 Å². The fourth-order valence-corrected chi connectivity index (χ4v) is 1.64. The lowest BCUT2D eigenvalue weighted by Crippen LogP contribution is -2.26. The quantitative estimate of drug-likeness (QED) is 0.672. The summed E-state index contributed by atoms with van der Waals surface area (Å²) in [5.74, 6) is 0. The van der Waals surface area contributed by atoms with Gasteiger partial charge in [-0.25, -0.2) is 4.79 Å². The Kier molecular flexibility index (Phi) is 2.39. The van der Waals surface area contributed by atoms with Gasteiger partial charge in [-0.15, -0.1) is 0 Å². The molecule has 14 heavy (non-hydrogen) atoms. The summed E-state index contributed by atoms with van der Waals surface area (Å²) in [6.45, 7) is 3.59. The highest BCUT2D eigenvalue weighted by atomic mass is 16.2. The molecule has 0 saturated carbocycles. The molecule has 1 N–H and O–H groups in total. The van der Waals surface area contributed by atoms with Crippen molar-refractivity contribution < 1.29 is 4.79 Å². The molecule has 0 radical (unpaired) electrons. The molecule has 1 fully saturated rings. The number of carbonyl (C=O) groups excluding carboxylic acids is 1. The van der Waals surface area contributed by atoms with Gasteiger partial charge in [0.1, 0.15) is 0 Å². The van der Waals surface area contributed by atoms with Gasteiger partial charge in [0, 0.05) is 18.8 Å². The van der Waals surface area contributed by atoms with Crippen molar-refractivity contribution in [3.05, 3.63) is 35.6 Å². The molecule has 2 amide bonds. The van der Waals surface area contributed by atoms with Crippen LogP contribution in [-0.4, -0.2) is 24.0 Å². The fraction of sp³-hybridized carbons (Fsp3) is 0.364. The van der Waals surface area contributed by atoms with Crippen molar-refractivity contribution in [1.82, 2.24) is 10.2 Å². The van der Waals surface area contributed by atoms with Gasteiger partial charge in [-0.1, -0.05) is 23.8 Å². The van der Waals surface area contributed by atoms with Gasteiger partial charge in [0.2, 0.25) is 0 Å². The van der Waals surface area contributed by atoms with Gasteiger partial charge in [-0.3, -0.25) is 4.90 Å². The molecule has 0 aromatic carbocycles. The number of hydrogen-bond acceptors (Lipinski definition) is 1. The molecule has 1 heterocycles. The van der Waals surface area contributed by atoms with Crippen LogP contribution < -0.4 is 5.32 Å². The minimum Gasteiger partial charge on any atom is -0.336 e. The van der Waals surface area contributed by atoms with Crippen molar-refractivity contribution in [3.8, 4) is 0 Å². The number of nitrogens with one attached hydrogen (secondary N) is 1. The van der Waals surface area contributed by atoms with E-state index < -0.39 is 0 Å². The van der Waals surface area contributed by atoms with Crippen LogP contribution in [0.1, 0.15) is 13.3 Å². The third-order valence-electron chi connectivity index (χ3n) is 2.45. The van der Waals surface area contributed by atoms with Gasteiger partial charge >= 0.3 is 6.03 Å². The molecule has 0 aromatic heterocycles. The highest BCUT2D eigenvalue weighted by molar-refractivity contribution is 5.78. The largest absolute Gasteiger partial charge is 0.336 e. The van der Waals surface area contributed by atoms with Crippen LogP contribution in [0.25, 0.3) is 0 Å². The van der Waals surface area contributed by atoms with Gasteiger partial charge in [-0.05, 0) is 19.4 Å². The second-order valence-electron chi connectivity index (χ2n) is 3.53. The minimum absolute atomic E-state index is 0.0143. The summed E-state index contributed by atoms with van der Waals surface area (Å²) in [4.78, 5) is 13.2. The van der Waals surface area contributed by atoms with Crippen molar-refractivity contribution in [2.24, 2.45) is 0 Å². The third kappa shape index (κ3) is 1.71. The van der Waals surface area contributed by atoms with Gasteiger partial charge < -0.3 is 5.32 Å². The molecule has 1 aliphatic carbocycles. The zero-order valence-electron chi connectivity index (χ0n) is 8.29. The molecule has 2 rings (SSSR count). The molecule has 0 unspecified atom stereocenters. The number of carbonyl (C=O) groups is 1. The van der Waals surface area contributed by atoms with E-state index in [2.05, 4.69) is 24.4 Å². The van der Waals surface area contributed by atoms with E-state index in [0.717, 1.165) is 25.2 Å². The number of rotatable bonds is 1. The summed E-state index contributed by atoms with van der Waals surface area (Å²) in [5.41, 5.74) is 2.25. The monoisotopic (exact) mass is 190 g/mol. The molecule has 0 atom stereocenters. The first-order valence-corrected chi connectivity index (χ1v) is 4.88. The predicted molar refractivity (Wildman–Crippen MR) is 55.7 cm³/mol. The van der Waals surface area contributed by atoms with Crippen molar-refractivity contribution in [2.45, 2.75) is 13.3 Å². The van der Waals surface area contributed by atoms with Crippen molar-refractivity contribution in [1.29, 1.82) is 0 Å². The fourth-order valence-electron chi connectivity index (χ4n) is 1.64. The van der Waals surface area contributed by atoms with E-state index in [1.54, 1.807) is 4.90 Å². The topological polar surface area (TPSA) is 32.3 Å². The normalized spacial score (nSPS) is 21.5. The Morgan fingerprint density at radius 2 is 2.21 bits per heavy atom. The summed E-state index contributed by atoms with van der Waals surface area (Å²) in [7, 11) is 0. The van der Waals surface area contributed by atoms with Crippen molar-refractivity contribution >= 4 is 6.03 Å². The van der Waals surface area contributed by atoms with E-state index in [1.807, 2.05) is 12.2 Å². The second kappa shape index (κ2) is 3.70. The summed E-state index contributed by atoms with van der Waals surface area (Å²) in [5, 5.41) is 2.79. The maximum atomic E-state index is 11.4. The van der Waals surface area contributed by atoms with Crippen molar-refractivity contribution in [2.75, 3.05) is 13.1 Å². The molecule has 1 aliphatic heterocycles. The van der Waals surface area contributed by atoms with Gasteiger partial charge in [0.15, 0.2) is 0 Å². The van der Waals surface area contributed by atoms with Crippen LogP contribution in [0.2, 0.25) is 0 Å². The number of allylic oxidation sites excluding steroid dienone is 5. The summed E-state index contributed by atoms with van der Waals surface area (Å²) < 4.78 is 0.